The van der Waals surface area contributed by atoms with Gasteiger partial charge in [0.1, 0.15) is 0 Å². The minimum absolute atomic E-state index is 0.219. The summed E-state index contributed by atoms with van der Waals surface area (Å²) < 4.78 is 0. The Morgan fingerprint density at radius 2 is 1.72 bits per heavy atom. The van der Waals surface area contributed by atoms with E-state index in [1.54, 1.807) is 0 Å². The summed E-state index contributed by atoms with van der Waals surface area (Å²) in [6.45, 7) is 9.10. The van der Waals surface area contributed by atoms with E-state index in [0.717, 1.165) is 5.92 Å². The molecule has 0 aliphatic heterocycles. The maximum absolute atomic E-state index is 6.45. The third kappa shape index (κ3) is 2.77. The maximum atomic E-state index is 6.45. The molecule has 1 fully saturated rings. The minimum atomic E-state index is 0.219. The molecule has 0 bridgehead atoms. The lowest BCUT2D eigenvalue weighted by Gasteiger charge is -2.25. The molecule has 2 N–H and O–H groups in total. The first-order valence-electron chi connectivity index (χ1n) is 7.25. The van der Waals surface area contributed by atoms with Gasteiger partial charge in [0.2, 0.25) is 0 Å². The van der Waals surface area contributed by atoms with Crippen LogP contribution in [0.1, 0.15) is 64.1 Å². The predicted octanol–water partition coefficient (Wildman–Crippen LogP) is 4.42. The van der Waals surface area contributed by atoms with Gasteiger partial charge in [0.05, 0.1) is 0 Å². The number of benzene rings is 1. The SMILES string of the molecule is CC1CCCC1C(N)c1ccc(C(C)(C)C)cc1. The van der Waals surface area contributed by atoms with E-state index >= 15 is 0 Å². The molecule has 1 nitrogen and oxygen atoms in total. The second kappa shape index (κ2) is 5.05. The molecule has 100 valence electrons. The van der Waals surface area contributed by atoms with Gasteiger partial charge in [-0.25, -0.2) is 0 Å². The van der Waals surface area contributed by atoms with Crippen LogP contribution in [-0.4, -0.2) is 0 Å². The van der Waals surface area contributed by atoms with Gasteiger partial charge in [-0.05, 0) is 34.8 Å². The summed E-state index contributed by atoms with van der Waals surface area (Å²) in [7, 11) is 0. The fraction of sp³-hybridized carbons (Fsp3) is 0.647. The molecule has 0 spiro atoms. The Hall–Kier alpha value is -0.820. The average Bonchev–Trinajstić information content (AvgIpc) is 2.73. The fourth-order valence-corrected chi connectivity index (χ4v) is 3.16. The molecule has 1 aliphatic carbocycles. The van der Waals surface area contributed by atoms with E-state index in [9.17, 15) is 0 Å². The Morgan fingerprint density at radius 1 is 1.11 bits per heavy atom. The second-order valence-corrected chi connectivity index (χ2v) is 6.97. The Morgan fingerprint density at radius 3 is 2.17 bits per heavy atom. The van der Waals surface area contributed by atoms with E-state index in [-0.39, 0.29) is 11.5 Å². The zero-order chi connectivity index (χ0) is 13.3. The molecule has 1 heteroatoms. The highest BCUT2D eigenvalue weighted by atomic mass is 14.7. The van der Waals surface area contributed by atoms with Gasteiger partial charge < -0.3 is 5.73 Å². The van der Waals surface area contributed by atoms with Crippen molar-refractivity contribution in [2.24, 2.45) is 17.6 Å². The lowest BCUT2D eigenvalue weighted by atomic mass is 9.83. The maximum Gasteiger partial charge on any atom is 0.0326 e. The molecule has 0 amide bonds. The Bertz CT molecular complexity index is 385. The summed E-state index contributed by atoms with van der Waals surface area (Å²) in [6.07, 6.45) is 3.99. The van der Waals surface area contributed by atoms with E-state index in [1.165, 1.54) is 30.4 Å². The summed E-state index contributed by atoms with van der Waals surface area (Å²) in [5.74, 6) is 1.45. The summed E-state index contributed by atoms with van der Waals surface area (Å²) in [6, 6.07) is 9.17. The van der Waals surface area contributed by atoms with Crippen LogP contribution in [0.15, 0.2) is 24.3 Å². The van der Waals surface area contributed by atoms with Crippen LogP contribution in [0.2, 0.25) is 0 Å². The largest absolute Gasteiger partial charge is 0.324 e. The lowest BCUT2D eigenvalue weighted by Crippen LogP contribution is -2.23. The highest BCUT2D eigenvalue weighted by Gasteiger charge is 2.29. The Kier molecular flexibility index (Phi) is 3.82. The van der Waals surface area contributed by atoms with Crippen LogP contribution in [0.4, 0.5) is 0 Å². The van der Waals surface area contributed by atoms with Gasteiger partial charge >= 0.3 is 0 Å². The quantitative estimate of drug-likeness (QED) is 0.820. The molecule has 1 aromatic rings. The number of hydrogen-bond acceptors (Lipinski definition) is 1. The van der Waals surface area contributed by atoms with Crippen molar-refractivity contribution in [3.63, 3.8) is 0 Å². The smallest absolute Gasteiger partial charge is 0.0326 e. The summed E-state index contributed by atoms with van der Waals surface area (Å²) in [5.41, 5.74) is 9.37. The van der Waals surface area contributed by atoms with Gasteiger partial charge in [0.15, 0.2) is 0 Å². The molecule has 1 aliphatic rings. The third-order valence-corrected chi connectivity index (χ3v) is 4.55. The second-order valence-electron chi connectivity index (χ2n) is 6.97. The van der Waals surface area contributed by atoms with E-state index in [1.807, 2.05) is 0 Å². The highest BCUT2D eigenvalue weighted by Crippen LogP contribution is 2.39. The summed E-state index contributed by atoms with van der Waals surface area (Å²) >= 11 is 0. The third-order valence-electron chi connectivity index (χ3n) is 4.55. The highest BCUT2D eigenvalue weighted by molar-refractivity contribution is 5.29. The Balaban J connectivity index is 2.14. The van der Waals surface area contributed by atoms with Crippen LogP contribution in [0, 0.1) is 11.8 Å². The van der Waals surface area contributed by atoms with Crippen LogP contribution in [0.5, 0.6) is 0 Å². The van der Waals surface area contributed by atoms with Crippen LogP contribution in [0.25, 0.3) is 0 Å². The van der Waals surface area contributed by atoms with Crippen molar-refractivity contribution in [1.29, 1.82) is 0 Å². The fourth-order valence-electron chi connectivity index (χ4n) is 3.16. The molecule has 0 aromatic heterocycles. The van der Waals surface area contributed by atoms with Crippen molar-refractivity contribution < 1.29 is 0 Å². The van der Waals surface area contributed by atoms with Crippen molar-refractivity contribution in [1.82, 2.24) is 0 Å². The molecular formula is C17H27N. The summed E-state index contributed by atoms with van der Waals surface area (Å²) in [4.78, 5) is 0. The Labute approximate surface area is 112 Å². The average molecular weight is 245 g/mol. The van der Waals surface area contributed by atoms with Gasteiger partial charge in [0.25, 0.3) is 0 Å². The first-order chi connectivity index (χ1) is 8.39. The van der Waals surface area contributed by atoms with Crippen molar-refractivity contribution >= 4 is 0 Å². The van der Waals surface area contributed by atoms with Gasteiger partial charge in [-0.2, -0.15) is 0 Å². The molecule has 3 atom stereocenters. The lowest BCUT2D eigenvalue weighted by molar-refractivity contribution is 0.351. The van der Waals surface area contributed by atoms with E-state index in [2.05, 4.69) is 52.0 Å². The zero-order valence-electron chi connectivity index (χ0n) is 12.2. The molecule has 2 rings (SSSR count). The molecule has 0 heterocycles. The summed E-state index contributed by atoms with van der Waals surface area (Å²) in [5, 5.41) is 0. The topological polar surface area (TPSA) is 26.0 Å². The molecule has 1 saturated carbocycles. The van der Waals surface area contributed by atoms with Crippen LogP contribution in [0.3, 0.4) is 0 Å². The monoisotopic (exact) mass is 245 g/mol. The predicted molar refractivity (Wildman–Crippen MR) is 78.6 cm³/mol. The van der Waals surface area contributed by atoms with Gasteiger partial charge in [-0.1, -0.05) is 64.8 Å². The van der Waals surface area contributed by atoms with Crippen molar-refractivity contribution in [2.75, 3.05) is 0 Å². The number of nitrogens with two attached hydrogens (primary N) is 1. The molecular weight excluding hydrogens is 218 g/mol. The van der Waals surface area contributed by atoms with E-state index in [4.69, 9.17) is 5.73 Å². The standard InChI is InChI=1S/C17H27N/c1-12-6-5-7-15(12)16(18)13-8-10-14(11-9-13)17(2,3)4/h8-12,15-16H,5-7,18H2,1-4H3. The zero-order valence-corrected chi connectivity index (χ0v) is 12.2. The van der Waals surface area contributed by atoms with Gasteiger partial charge in [-0.15, -0.1) is 0 Å². The van der Waals surface area contributed by atoms with E-state index in [0.29, 0.717) is 5.92 Å². The molecule has 3 unspecified atom stereocenters. The first-order valence-corrected chi connectivity index (χ1v) is 7.25. The minimum Gasteiger partial charge on any atom is -0.324 e. The first kappa shape index (κ1) is 13.6. The molecule has 1 aromatic carbocycles. The van der Waals surface area contributed by atoms with Crippen molar-refractivity contribution in [3.8, 4) is 0 Å². The number of hydrogen-bond donors (Lipinski definition) is 1. The van der Waals surface area contributed by atoms with Gasteiger partial charge in [0, 0.05) is 6.04 Å². The van der Waals surface area contributed by atoms with Crippen molar-refractivity contribution in [2.45, 2.75) is 58.4 Å². The van der Waals surface area contributed by atoms with Gasteiger partial charge in [-0.3, -0.25) is 0 Å². The van der Waals surface area contributed by atoms with E-state index < -0.39 is 0 Å². The number of rotatable bonds is 2. The van der Waals surface area contributed by atoms with Crippen LogP contribution < -0.4 is 5.73 Å². The molecule has 0 saturated heterocycles. The van der Waals surface area contributed by atoms with Crippen LogP contribution >= 0.6 is 0 Å². The van der Waals surface area contributed by atoms with Crippen molar-refractivity contribution in [3.05, 3.63) is 35.4 Å². The normalized spacial score (nSPS) is 26.3. The van der Waals surface area contributed by atoms with Crippen LogP contribution in [-0.2, 0) is 5.41 Å². The molecule has 0 radical (unpaired) electrons. The molecule has 18 heavy (non-hydrogen) atoms.